The minimum absolute atomic E-state index is 0.0484. The number of halogens is 2. The van der Waals surface area contributed by atoms with Gasteiger partial charge >= 0.3 is 0 Å². The predicted molar refractivity (Wildman–Crippen MR) is 93.3 cm³/mol. The van der Waals surface area contributed by atoms with E-state index in [9.17, 15) is 13.9 Å². The van der Waals surface area contributed by atoms with Crippen LogP contribution in [0.2, 0.25) is 0 Å². The average Bonchev–Trinajstić information content (AvgIpc) is 2.59. The summed E-state index contributed by atoms with van der Waals surface area (Å²) in [5.74, 6) is 0.0484. The quantitative estimate of drug-likeness (QED) is 0.749. The Morgan fingerprint density at radius 1 is 1.00 bits per heavy atom. The van der Waals surface area contributed by atoms with Gasteiger partial charge in [-0.1, -0.05) is 48.5 Å². The molecule has 2 nitrogen and oxygen atoms in total. The Morgan fingerprint density at radius 3 is 2.25 bits per heavy atom. The molecule has 0 saturated heterocycles. The Morgan fingerprint density at radius 2 is 1.62 bits per heavy atom. The summed E-state index contributed by atoms with van der Waals surface area (Å²) in [6.45, 7) is 4.57. The van der Waals surface area contributed by atoms with Crippen LogP contribution in [0.5, 0.6) is 0 Å². The number of rotatable bonds is 8. The summed E-state index contributed by atoms with van der Waals surface area (Å²) < 4.78 is 26.2. The van der Waals surface area contributed by atoms with E-state index >= 15 is 0 Å². The van der Waals surface area contributed by atoms with Crippen molar-refractivity contribution in [2.75, 3.05) is 13.2 Å². The molecular formula is C20H25F2NO. The highest BCUT2D eigenvalue weighted by Gasteiger charge is 2.18. The van der Waals surface area contributed by atoms with Crippen LogP contribution in [0.25, 0.3) is 0 Å². The van der Waals surface area contributed by atoms with Gasteiger partial charge in [-0.25, -0.2) is 8.78 Å². The first-order chi connectivity index (χ1) is 11.5. The molecule has 2 aromatic rings. The van der Waals surface area contributed by atoms with Crippen LogP contribution >= 0.6 is 0 Å². The highest BCUT2D eigenvalue weighted by atomic mass is 19.3. The number of hydrogen-bond donors (Lipinski definition) is 2. The molecule has 2 unspecified atom stereocenters. The van der Waals surface area contributed by atoms with Crippen molar-refractivity contribution in [3.05, 3.63) is 70.8 Å². The molecule has 0 heterocycles. The third-order valence-corrected chi connectivity index (χ3v) is 4.44. The van der Waals surface area contributed by atoms with E-state index in [0.717, 1.165) is 6.42 Å². The molecule has 2 aromatic carbocycles. The van der Waals surface area contributed by atoms with Crippen LogP contribution in [0.1, 0.15) is 41.6 Å². The fourth-order valence-electron chi connectivity index (χ4n) is 2.91. The number of aliphatic hydroxyl groups is 1. The number of benzene rings is 2. The van der Waals surface area contributed by atoms with E-state index in [4.69, 9.17) is 0 Å². The Bertz CT molecular complexity index is 645. The molecule has 24 heavy (non-hydrogen) atoms. The molecule has 0 aliphatic heterocycles. The fraction of sp³-hybridized carbons (Fsp3) is 0.400. The minimum atomic E-state index is -2.48. The molecule has 2 N–H and O–H groups in total. The monoisotopic (exact) mass is 333 g/mol. The third kappa shape index (κ3) is 4.86. The molecule has 4 heteroatoms. The second-order valence-corrected chi connectivity index (χ2v) is 6.24. The molecule has 0 bridgehead atoms. The van der Waals surface area contributed by atoms with Gasteiger partial charge in [0, 0.05) is 24.8 Å². The SMILES string of the molecule is Cc1ccccc1CC(CO)CNC(C)c1ccccc1C(F)F. The summed E-state index contributed by atoms with van der Waals surface area (Å²) in [6, 6.07) is 14.5. The lowest BCUT2D eigenvalue weighted by molar-refractivity contribution is 0.149. The van der Waals surface area contributed by atoms with Crippen molar-refractivity contribution in [1.82, 2.24) is 5.32 Å². The summed E-state index contributed by atoms with van der Waals surface area (Å²) in [4.78, 5) is 0. The zero-order chi connectivity index (χ0) is 17.5. The molecule has 0 spiro atoms. The van der Waals surface area contributed by atoms with E-state index in [1.165, 1.54) is 17.2 Å². The van der Waals surface area contributed by atoms with Gasteiger partial charge < -0.3 is 10.4 Å². The molecule has 130 valence electrons. The van der Waals surface area contributed by atoms with Crippen LogP contribution < -0.4 is 5.32 Å². The third-order valence-electron chi connectivity index (χ3n) is 4.44. The molecule has 0 saturated carbocycles. The highest BCUT2D eigenvalue weighted by Crippen LogP contribution is 2.27. The summed E-state index contributed by atoms with van der Waals surface area (Å²) in [7, 11) is 0. The van der Waals surface area contributed by atoms with E-state index in [2.05, 4.69) is 24.4 Å². The Balaban J connectivity index is 1.99. The number of aryl methyl sites for hydroxylation is 1. The Kier molecular flexibility index (Phi) is 6.88. The van der Waals surface area contributed by atoms with E-state index in [-0.39, 0.29) is 24.1 Å². The van der Waals surface area contributed by atoms with Crippen molar-refractivity contribution in [3.8, 4) is 0 Å². The lowest BCUT2D eigenvalue weighted by atomic mass is 9.95. The maximum Gasteiger partial charge on any atom is 0.264 e. The minimum Gasteiger partial charge on any atom is -0.396 e. The van der Waals surface area contributed by atoms with Crippen LogP contribution in [0, 0.1) is 12.8 Å². The highest BCUT2D eigenvalue weighted by molar-refractivity contribution is 5.30. The van der Waals surface area contributed by atoms with Gasteiger partial charge in [-0.05, 0) is 42.9 Å². The molecule has 0 radical (unpaired) electrons. The second kappa shape index (κ2) is 8.90. The first-order valence-electron chi connectivity index (χ1n) is 8.28. The summed E-state index contributed by atoms with van der Waals surface area (Å²) in [5.41, 5.74) is 3.09. The van der Waals surface area contributed by atoms with Gasteiger partial charge in [0.25, 0.3) is 6.43 Å². The standard InChI is InChI=1S/C20H25F2NO/c1-14-7-3-4-8-17(14)11-16(13-24)12-23-15(2)18-9-5-6-10-19(18)20(21)22/h3-10,15-16,20,23-24H,11-13H2,1-2H3. The Hall–Kier alpha value is -1.78. The molecule has 0 aromatic heterocycles. The molecule has 0 amide bonds. The first kappa shape index (κ1) is 18.6. The van der Waals surface area contributed by atoms with Gasteiger partial charge in [0.1, 0.15) is 0 Å². The van der Waals surface area contributed by atoms with Gasteiger partial charge in [0.2, 0.25) is 0 Å². The summed E-state index contributed by atoms with van der Waals surface area (Å²) in [5, 5.41) is 12.9. The average molecular weight is 333 g/mol. The largest absolute Gasteiger partial charge is 0.396 e. The van der Waals surface area contributed by atoms with E-state index < -0.39 is 6.43 Å². The van der Waals surface area contributed by atoms with Gasteiger partial charge in [-0.15, -0.1) is 0 Å². The lowest BCUT2D eigenvalue weighted by Gasteiger charge is -2.22. The maximum atomic E-state index is 13.1. The topological polar surface area (TPSA) is 32.3 Å². The molecule has 0 fully saturated rings. The molecular weight excluding hydrogens is 308 g/mol. The van der Waals surface area contributed by atoms with Crippen molar-refractivity contribution in [3.63, 3.8) is 0 Å². The summed E-state index contributed by atoms with van der Waals surface area (Å²) in [6.07, 6.45) is -1.72. The van der Waals surface area contributed by atoms with Crippen LogP contribution in [0.15, 0.2) is 48.5 Å². The zero-order valence-corrected chi connectivity index (χ0v) is 14.2. The first-order valence-corrected chi connectivity index (χ1v) is 8.28. The van der Waals surface area contributed by atoms with Crippen molar-refractivity contribution in [2.45, 2.75) is 32.7 Å². The van der Waals surface area contributed by atoms with Gasteiger partial charge in [0.15, 0.2) is 0 Å². The van der Waals surface area contributed by atoms with E-state index in [1.54, 1.807) is 18.2 Å². The van der Waals surface area contributed by atoms with Crippen LogP contribution in [-0.4, -0.2) is 18.3 Å². The van der Waals surface area contributed by atoms with Crippen molar-refractivity contribution >= 4 is 0 Å². The molecule has 2 atom stereocenters. The molecule has 0 aliphatic carbocycles. The van der Waals surface area contributed by atoms with Crippen LogP contribution in [-0.2, 0) is 6.42 Å². The van der Waals surface area contributed by atoms with Gasteiger partial charge in [-0.2, -0.15) is 0 Å². The van der Waals surface area contributed by atoms with Gasteiger partial charge in [-0.3, -0.25) is 0 Å². The fourth-order valence-corrected chi connectivity index (χ4v) is 2.91. The van der Waals surface area contributed by atoms with E-state index in [0.29, 0.717) is 12.1 Å². The maximum absolute atomic E-state index is 13.1. The molecule has 2 rings (SSSR count). The number of alkyl halides is 2. The molecule has 0 aliphatic rings. The van der Waals surface area contributed by atoms with Gasteiger partial charge in [0.05, 0.1) is 0 Å². The van der Waals surface area contributed by atoms with Crippen molar-refractivity contribution in [1.29, 1.82) is 0 Å². The summed E-state index contributed by atoms with van der Waals surface area (Å²) >= 11 is 0. The lowest BCUT2D eigenvalue weighted by Crippen LogP contribution is -2.29. The van der Waals surface area contributed by atoms with Crippen molar-refractivity contribution < 1.29 is 13.9 Å². The number of hydrogen-bond acceptors (Lipinski definition) is 2. The Labute approximate surface area is 142 Å². The number of aliphatic hydroxyl groups excluding tert-OH is 1. The van der Waals surface area contributed by atoms with E-state index in [1.807, 2.05) is 19.1 Å². The zero-order valence-electron chi connectivity index (χ0n) is 14.2. The van der Waals surface area contributed by atoms with Crippen molar-refractivity contribution in [2.24, 2.45) is 5.92 Å². The van der Waals surface area contributed by atoms with Crippen LogP contribution in [0.4, 0.5) is 8.78 Å². The van der Waals surface area contributed by atoms with Crippen LogP contribution in [0.3, 0.4) is 0 Å². The second-order valence-electron chi connectivity index (χ2n) is 6.24. The smallest absolute Gasteiger partial charge is 0.264 e. The normalized spacial score (nSPS) is 13.9. The predicted octanol–water partition coefficient (Wildman–Crippen LogP) is 4.43. The number of nitrogens with one attached hydrogen (secondary N) is 1.